The second kappa shape index (κ2) is 7.81. The lowest BCUT2D eigenvalue weighted by molar-refractivity contribution is 0.0949. The maximum atomic E-state index is 4.33. The largest absolute Gasteiger partial charge is 0.297 e. The van der Waals surface area contributed by atoms with Gasteiger partial charge in [0, 0.05) is 37.6 Å². The Hall–Kier alpha value is -1.57. The highest BCUT2D eigenvalue weighted by Gasteiger charge is 2.27. The second-order valence-corrected chi connectivity index (χ2v) is 6.86. The Kier molecular flexibility index (Phi) is 5.53. The van der Waals surface area contributed by atoms with Gasteiger partial charge in [-0.3, -0.25) is 9.80 Å². The zero-order valence-corrected chi connectivity index (χ0v) is 14.5. The molecule has 0 bridgehead atoms. The van der Waals surface area contributed by atoms with Crippen molar-refractivity contribution in [3.8, 4) is 0 Å². The number of hydrogen-bond acceptors (Lipinski definition) is 6. The van der Waals surface area contributed by atoms with Gasteiger partial charge in [-0.15, -0.1) is 23.0 Å². The highest BCUT2D eigenvalue weighted by Crippen LogP contribution is 2.24. The van der Waals surface area contributed by atoms with E-state index < -0.39 is 0 Å². The third-order valence-electron chi connectivity index (χ3n) is 4.37. The molecule has 0 spiro atoms. The van der Waals surface area contributed by atoms with Gasteiger partial charge in [0.05, 0.1) is 12.6 Å². The topological polar surface area (TPSA) is 50.1 Å². The van der Waals surface area contributed by atoms with Crippen LogP contribution in [-0.2, 0) is 6.54 Å². The molecule has 0 aromatic carbocycles. The van der Waals surface area contributed by atoms with Crippen LogP contribution >= 0.6 is 11.3 Å². The van der Waals surface area contributed by atoms with Gasteiger partial charge in [-0.25, -0.2) is 4.68 Å². The van der Waals surface area contributed by atoms with Gasteiger partial charge in [-0.1, -0.05) is 19.1 Å². The lowest BCUT2D eigenvalue weighted by atomic mass is 10.1. The fourth-order valence-electron chi connectivity index (χ4n) is 3.16. The quantitative estimate of drug-likeness (QED) is 0.726. The van der Waals surface area contributed by atoms with E-state index in [0.29, 0.717) is 0 Å². The molecule has 0 amide bonds. The van der Waals surface area contributed by atoms with Crippen LogP contribution in [0.2, 0.25) is 0 Å². The Labute approximate surface area is 141 Å². The predicted molar refractivity (Wildman–Crippen MR) is 92.5 cm³/mol. The van der Waals surface area contributed by atoms with E-state index in [9.17, 15) is 0 Å². The summed E-state index contributed by atoms with van der Waals surface area (Å²) in [6, 6.07) is 4.49. The molecule has 2 aromatic rings. The molecule has 1 aliphatic rings. The molecule has 124 valence electrons. The zero-order valence-electron chi connectivity index (χ0n) is 13.6. The molecule has 1 saturated heterocycles. The molecule has 3 rings (SSSR count). The molecule has 2 aromatic heterocycles. The van der Waals surface area contributed by atoms with Crippen LogP contribution in [0.4, 0.5) is 0 Å². The number of hydrogen-bond donors (Lipinski definition) is 0. The minimum atomic E-state index is 0.288. The highest BCUT2D eigenvalue weighted by atomic mass is 32.1. The second-order valence-electron chi connectivity index (χ2n) is 5.82. The minimum absolute atomic E-state index is 0.288. The van der Waals surface area contributed by atoms with Crippen LogP contribution in [0.25, 0.3) is 0 Å². The molecule has 23 heavy (non-hydrogen) atoms. The maximum Gasteiger partial charge on any atom is 0.168 e. The van der Waals surface area contributed by atoms with Crippen molar-refractivity contribution in [3.63, 3.8) is 0 Å². The van der Waals surface area contributed by atoms with Gasteiger partial charge in [-0.2, -0.15) is 0 Å². The first-order chi connectivity index (χ1) is 11.3. The molecule has 0 aliphatic carbocycles. The molecule has 6 nitrogen and oxygen atoms in total. The summed E-state index contributed by atoms with van der Waals surface area (Å²) < 4.78 is 1.95. The summed E-state index contributed by atoms with van der Waals surface area (Å²) in [5.74, 6) is 0.984. The molecule has 0 saturated carbocycles. The van der Waals surface area contributed by atoms with Gasteiger partial charge in [0.2, 0.25) is 0 Å². The van der Waals surface area contributed by atoms with Crippen molar-refractivity contribution in [1.29, 1.82) is 0 Å². The van der Waals surface area contributed by atoms with Crippen molar-refractivity contribution < 1.29 is 0 Å². The van der Waals surface area contributed by atoms with Crippen LogP contribution in [0.15, 0.2) is 30.2 Å². The van der Waals surface area contributed by atoms with Gasteiger partial charge < -0.3 is 0 Å². The van der Waals surface area contributed by atoms with E-state index in [0.717, 1.165) is 51.5 Å². The fraction of sp³-hybridized carbons (Fsp3) is 0.562. The fourth-order valence-corrected chi connectivity index (χ4v) is 3.84. The molecule has 7 heteroatoms. The summed E-state index contributed by atoms with van der Waals surface area (Å²) in [4.78, 5) is 6.23. The Morgan fingerprint density at radius 2 is 2.17 bits per heavy atom. The molecular weight excluding hydrogens is 308 g/mol. The molecule has 1 aliphatic heterocycles. The third-order valence-corrected chi connectivity index (χ3v) is 5.23. The van der Waals surface area contributed by atoms with Crippen LogP contribution in [-0.4, -0.2) is 62.7 Å². The van der Waals surface area contributed by atoms with Crippen LogP contribution in [0.3, 0.4) is 0 Å². The van der Waals surface area contributed by atoms with Gasteiger partial charge in [-0.05, 0) is 28.3 Å². The van der Waals surface area contributed by atoms with E-state index in [-0.39, 0.29) is 6.04 Å². The SMILES string of the molecule is C=CCN1CCN([C@H](CC)c2nnnn2Cc2cccs2)CC1. The third kappa shape index (κ3) is 3.85. The van der Waals surface area contributed by atoms with E-state index in [4.69, 9.17) is 0 Å². The van der Waals surface area contributed by atoms with Gasteiger partial charge in [0.1, 0.15) is 0 Å². The van der Waals surface area contributed by atoms with Gasteiger partial charge in [0.25, 0.3) is 0 Å². The number of aromatic nitrogens is 4. The maximum absolute atomic E-state index is 4.33. The molecule has 3 heterocycles. The van der Waals surface area contributed by atoms with E-state index >= 15 is 0 Å². The zero-order chi connectivity index (χ0) is 16.1. The summed E-state index contributed by atoms with van der Waals surface area (Å²) in [6.45, 7) is 12.0. The summed E-state index contributed by atoms with van der Waals surface area (Å²) in [7, 11) is 0. The first kappa shape index (κ1) is 16.3. The van der Waals surface area contributed by atoms with Crippen molar-refractivity contribution in [2.45, 2.75) is 25.9 Å². The Morgan fingerprint density at radius 3 is 2.83 bits per heavy atom. The van der Waals surface area contributed by atoms with Crippen molar-refractivity contribution in [3.05, 3.63) is 40.9 Å². The summed E-state index contributed by atoms with van der Waals surface area (Å²) in [5.41, 5.74) is 0. The van der Waals surface area contributed by atoms with Crippen LogP contribution < -0.4 is 0 Å². The first-order valence-electron chi connectivity index (χ1n) is 8.17. The van der Waals surface area contributed by atoms with Gasteiger partial charge in [0.15, 0.2) is 5.82 Å². The lowest BCUT2D eigenvalue weighted by Gasteiger charge is -2.38. The van der Waals surface area contributed by atoms with Crippen LogP contribution in [0, 0.1) is 0 Å². The number of thiophene rings is 1. The van der Waals surface area contributed by atoms with Crippen molar-refractivity contribution in [2.75, 3.05) is 32.7 Å². The van der Waals surface area contributed by atoms with Crippen LogP contribution in [0.1, 0.15) is 30.1 Å². The monoisotopic (exact) mass is 332 g/mol. The van der Waals surface area contributed by atoms with Crippen LogP contribution in [0.5, 0.6) is 0 Å². The van der Waals surface area contributed by atoms with E-state index in [1.807, 2.05) is 10.8 Å². The number of tetrazole rings is 1. The molecular formula is C16H24N6S. The molecule has 1 fully saturated rings. The number of piperazine rings is 1. The molecule has 0 radical (unpaired) electrons. The van der Waals surface area contributed by atoms with Crippen molar-refractivity contribution in [2.24, 2.45) is 0 Å². The number of rotatable bonds is 7. The highest BCUT2D eigenvalue weighted by molar-refractivity contribution is 7.09. The standard InChI is InChI=1S/C16H24N6S/c1-3-7-20-8-10-21(11-9-20)15(4-2)16-17-18-19-22(16)13-14-6-5-12-23-14/h3,5-6,12,15H,1,4,7-11,13H2,2H3/t15-/m1/s1. The summed E-state index contributed by atoms with van der Waals surface area (Å²) in [6.07, 6.45) is 3.00. The van der Waals surface area contributed by atoms with Crippen molar-refractivity contribution >= 4 is 11.3 Å². The van der Waals surface area contributed by atoms with E-state index in [1.54, 1.807) is 11.3 Å². The predicted octanol–water partition coefficient (Wildman–Crippen LogP) is 2.04. The lowest BCUT2D eigenvalue weighted by Crippen LogP contribution is -2.47. The van der Waals surface area contributed by atoms with Gasteiger partial charge >= 0.3 is 0 Å². The Bertz CT molecular complexity index is 600. The average Bonchev–Trinajstić information content (AvgIpc) is 3.23. The van der Waals surface area contributed by atoms with E-state index in [1.165, 1.54) is 4.88 Å². The smallest absolute Gasteiger partial charge is 0.168 e. The molecule has 0 N–H and O–H groups in total. The number of nitrogens with zero attached hydrogens (tertiary/aromatic N) is 6. The van der Waals surface area contributed by atoms with E-state index in [2.05, 4.69) is 56.3 Å². The summed E-state index contributed by atoms with van der Waals surface area (Å²) >= 11 is 1.74. The molecule has 0 unspecified atom stereocenters. The van der Waals surface area contributed by atoms with Crippen molar-refractivity contribution in [1.82, 2.24) is 30.0 Å². The Balaban J connectivity index is 1.69. The first-order valence-corrected chi connectivity index (χ1v) is 9.05. The average molecular weight is 332 g/mol. The Morgan fingerprint density at radius 1 is 1.35 bits per heavy atom. The normalized spacial score (nSPS) is 18.1. The summed E-state index contributed by atoms with van der Waals surface area (Å²) in [5, 5.41) is 14.6. The molecule has 1 atom stereocenters. The minimum Gasteiger partial charge on any atom is -0.297 e.